The molecule has 0 aliphatic rings. The molecule has 1 aromatic carbocycles. The first kappa shape index (κ1) is 16.8. The molecule has 0 aliphatic heterocycles. The molecule has 8 heteroatoms. The van der Waals surface area contributed by atoms with E-state index < -0.39 is 12.3 Å². The van der Waals surface area contributed by atoms with Gasteiger partial charge in [-0.15, -0.1) is 0 Å². The van der Waals surface area contributed by atoms with Crippen LogP contribution in [0.5, 0.6) is 0 Å². The molecule has 1 N–H and O–H groups in total. The fraction of sp³-hybridized carbons (Fsp3) is 0.235. The predicted octanol–water partition coefficient (Wildman–Crippen LogP) is 3.41. The van der Waals surface area contributed by atoms with Crippen LogP contribution in [0.2, 0.25) is 0 Å². The Kier molecular flexibility index (Phi) is 4.35. The Labute approximate surface area is 143 Å². The highest BCUT2D eigenvalue weighted by Gasteiger charge is 2.18. The molecule has 2 heterocycles. The van der Waals surface area contributed by atoms with E-state index in [4.69, 9.17) is 0 Å². The standard InChI is InChI=1S/C17H17F2N5O/c1-10-11(2)24(9-20-10)13-6-4-12(5-7-13)21-17(25)14-8-15(16(18)19)23(3)22-14/h4-9,16H,1-3H3,(H,21,25). The number of amides is 1. The molecule has 1 amide bonds. The van der Waals surface area contributed by atoms with Gasteiger partial charge in [0.25, 0.3) is 12.3 Å². The molecule has 3 aromatic rings. The normalized spacial score (nSPS) is 11.1. The number of carbonyl (C=O) groups is 1. The van der Waals surface area contributed by atoms with E-state index in [0.717, 1.165) is 27.8 Å². The first-order chi connectivity index (χ1) is 11.9. The summed E-state index contributed by atoms with van der Waals surface area (Å²) in [5.41, 5.74) is 3.09. The lowest BCUT2D eigenvalue weighted by Crippen LogP contribution is -2.13. The lowest BCUT2D eigenvalue weighted by molar-refractivity contribution is 0.102. The van der Waals surface area contributed by atoms with Gasteiger partial charge < -0.3 is 9.88 Å². The van der Waals surface area contributed by atoms with E-state index in [1.165, 1.54) is 7.05 Å². The second kappa shape index (κ2) is 6.46. The fourth-order valence-corrected chi connectivity index (χ4v) is 2.46. The second-order valence-corrected chi connectivity index (χ2v) is 5.67. The fourth-order valence-electron chi connectivity index (χ4n) is 2.46. The summed E-state index contributed by atoms with van der Waals surface area (Å²) in [6.45, 7) is 3.90. The van der Waals surface area contributed by atoms with E-state index in [9.17, 15) is 13.6 Å². The van der Waals surface area contributed by atoms with Crippen LogP contribution in [0.1, 0.15) is 34.0 Å². The summed E-state index contributed by atoms with van der Waals surface area (Å²) < 4.78 is 28.5. The molecule has 6 nitrogen and oxygen atoms in total. The monoisotopic (exact) mass is 345 g/mol. The second-order valence-electron chi connectivity index (χ2n) is 5.67. The predicted molar refractivity (Wildman–Crippen MR) is 89.2 cm³/mol. The molecule has 0 bridgehead atoms. The number of aromatic nitrogens is 4. The van der Waals surface area contributed by atoms with Gasteiger partial charge in [0.15, 0.2) is 5.69 Å². The lowest BCUT2D eigenvalue weighted by atomic mass is 10.2. The van der Waals surface area contributed by atoms with E-state index in [1.807, 2.05) is 30.5 Å². The van der Waals surface area contributed by atoms with Gasteiger partial charge in [0.2, 0.25) is 0 Å². The molecule has 0 aliphatic carbocycles. The van der Waals surface area contributed by atoms with Gasteiger partial charge in [-0.05, 0) is 44.2 Å². The van der Waals surface area contributed by atoms with Crippen molar-refractivity contribution in [3.63, 3.8) is 0 Å². The molecule has 0 fully saturated rings. The Balaban J connectivity index is 1.76. The highest BCUT2D eigenvalue weighted by atomic mass is 19.3. The smallest absolute Gasteiger partial charge is 0.280 e. The van der Waals surface area contributed by atoms with Gasteiger partial charge in [-0.3, -0.25) is 9.48 Å². The minimum Gasteiger partial charge on any atom is -0.321 e. The number of benzene rings is 1. The van der Waals surface area contributed by atoms with Gasteiger partial charge in [-0.1, -0.05) is 0 Å². The number of nitrogens with zero attached hydrogens (tertiary/aromatic N) is 4. The Hall–Kier alpha value is -3.03. The van der Waals surface area contributed by atoms with E-state index in [0.29, 0.717) is 5.69 Å². The van der Waals surface area contributed by atoms with E-state index >= 15 is 0 Å². The topological polar surface area (TPSA) is 64.7 Å². The summed E-state index contributed by atoms with van der Waals surface area (Å²) in [6, 6.07) is 8.24. The molecule has 130 valence electrons. The largest absolute Gasteiger partial charge is 0.321 e. The van der Waals surface area contributed by atoms with Crippen molar-refractivity contribution in [2.75, 3.05) is 5.32 Å². The number of imidazole rings is 1. The van der Waals surface area contributed by atoms with Gasteiger partial charge in [-0.2, -0.15) is 5.10 Å². The minimum absolute atomic E-state index is 0.0528. The Morgan fingerprint density at radius 2 is 1.88 bits per heavy atom. The summed E-state index contributed by atoms with van der Waals surface area (Å²) in [4.78, 5) is 16.4. The highest BCUT2D eigenvalue weighted by Crippen LogP contribution is 2.20. The molecule has 2 aromatic heterocycles. The quantitative estimate of drug-likeness (QED) is 0.788. The SMILES string of the molecule is Cc1ncn(-c2ccc(NC(=O)c3cc(C(F)F)n(C)n3)cc2)c1C. The van der Waals surface area contributed by atoms with Gasteiger partial charge in [0, 0.05) is 24.1 Å². The zero-order valence-electron chi connectivity index (χ0n) is 14.0. The third-order valence-electron chi connectivity index (χ3n) is 4.03. The van der Waals surface area contributed by atoms with Crippen LogP contribution in [0.15, 0.2) is 36.7 Å². The van der Waals surface area contributed by atoms with Crippen molar-refractivity contribution in [1.82, 2.24) is 19.3 Å². The van der Waals surface area contributed by atoms with Crippen molar-refractivity contribution in [2.24, 2.45) is 7.05 Å². The van der Waals surface area contributed by atoms with Crippen LogP contribution in [0, 0.1) is 13.8 Å². The average molecular weight is 345 g/mol. The number of anilines is 1. The average Bonchev–Trinajstić information content (AvgIpc) is 3.12. The van der Waals surface area contributed by atoms with Crippen LogP contribution >= 0.6 is 0 Å². The zero-order chi connectivity index (χ0) is 18.1. The number of hydrogen-bond acceptors (Lipinski definition) is 3. The van der Waals surface area contributed by atoms with Crippen molar-refractivity contribution in [2.45, 2.75) is 20.3 Å². The Morgan fingerprint density at radius 1 is 1.20 bits per heavy atom. The molecular weight excluding hydrogens is 328 g/mol. The summed E-state index contributed by atoms with van der Waals surface area (Å²) in [7, 11) is 1.38. The number of halogens is 2. The lowest BCUT2D eigenvalue weighted by Gasteiger charge is -2.08. The van der Waals surface area contributed by atoms with E-state index in [2.05, 4.69) is 15.4 Å². The Bertz CT molecular complexity index is 912. The maximum Gasteiger partial charge on any atom is 0.280 e. The Morgan fingerprint density at radius 3 is 2.40 bits per heavy atom. The molecule has 0 spiro atoms. The molecule has 0 radical (unpaired) electrons. The van der Waals surface area contributed by atoms with Crippen LogP contribution in [-0.4, -0.2) is 25.2 Å². The van der Waals surface area contributed by atoms with Crippen molar-refractivity contribution in [1.29, 1.82) is 0 Å². The summed E-state index contributed by atoms with van der Waals surface area (Å²) in [6.07, 6.45) is -0.946. The van der Waals surface area contributed by atoms with E-state index in [-0.39, 0.29) is 11.4 Å². The van der Waals surface area contributed by atoms with Crippen LogP contribution in [0.3, 0.4) is 0 Å². The molecule has 3 rings (SSSR count). The molecule has 25 heavy (non-hydrogen) atoms. The maximum absolute atomic E-state index is 12.8. The van der Waals surface area contributed by atoms with Crippen molar-refractivity contribution < 1.29 is 13.6 Å². The summed E-state index contributed by atoms with van der Waals surface area (Å²) >= 11 is 0. The molecule has 0 saturated heterocycles. The van der Waals surface area contributed by atoms with Crippen LogP contribution in [0.4, 0.5) is 14.5 Å². The van der Waals surface area contributed by atoms with Gasteiger partial charge in [-0.25, -0.2) is 13.8 Å². The molecular formula is C17H17F2N5O. The minimum atomic E-state index is -2.68. The van der Waals surface area contributed by atoms with Crippen molar-refractivity contribution in [3.05, 3.63) is 59.4 Å². The van der Waals surface area contributed by atoms with Gasteiger partial charge in [0.05, 0.1) is 12.0 Å². The first-order valence-electron chi connectivity index (χ1n) is 7.61. The van der Waals surface area contributed by atoms with Crippen LogP contribution < -0.4 is 5.32 Å². The highest BCUT2D eigenvalue weighted by molar-refractivity contribution is 6.02. The zero-order valence-corrected chi connectivity index (χ0v) is 14.0. The van der Waals surface area contributed by atoms with Crippen molar-refractivity contribution >= 4 is 11.6 Å². The maximum atomic E-state index is 12.8. The molecule has 0 atom stereocenters. The molecule has 0 saturated carbocycles. The molecule has 0 unspecified atom stereocenters. The number of aryl methyl sites for hydroxylation is 2. The number of hydrogen-bond donors (Lipinski definition) is 1. The number of carbonyl (C=O) groups excluding carboxylic acids is 1. The van der Waals surface area contributed by atoms with Crippen molar-refractivity contribution in [3.8, 4) is 5.69 Å². The third kappa shape index (κ3) is 3.28. The summed E-state index contributed by atoms with van der Waals surface area (Å²) in [5, 5.41) is 6.47. The van der Waals surface area contributed by atoms with Crippen LogP contribution in [-0.2, 0) is 7.05 Å². The van der Waals surface area contributed by atoms with Gasteiger partial charge in [0.1, 0.15) is 5.69 Å². The van der Waals surface area contributed by atoms with Gasteiger partial charge >= 0.3 is 0 Å². The first-order valence-corrected chi connectivity index (χ1v) is 7.61. The number of rotatable bonds is 4. The van der Waals surface area contributed by atoms with Crippen LogP contribution in [0.25, 0.3) is 5.69 Å². The van der Waals surface area contributed by atoms with E-state index in [1.54, 1.807) is 18.5 Å². The summed E-state index contributed by atoms with van der Waals surface area (Å²) in [5.74, 6) is -0.537. The third-order valence-corrected chi connectivity index (χ3v) is 4.03. The number of alkyl halides is 2. The number of nitrogens with one attached hydrogen (secondary N) is 1.